The highest BCUT2D eigenvalue weighted by molar-refractivity contribution is 7.22. The number of nitrogens with one attached hydrogen (secondary N) is 2. The monoisotopic (exact) mass is 290 g/mol. The largest absolute Gasteiger partial charge is 0.350 e. The van der Waals surface area contributed by atoms with Gasteiger partial charge in [-0.2, -0.15) is 5.10 Å². The van der Waals surface area contributed by atoms with E-state index in [9.17, 15) is 4.79 Å². The van der Waals surface area contributed by atoms with Crippen LogP contribution >= 0.6 is 11.3 Å². The van der Waals surface area contributed by atoms with Gasteiger partial charge in [0.15, 0.2) is 5.13 Å². The van der Waals surface area contributed by atoms with E-state index >= 15 is 0 Å². The summed E-state index contributed by atoms with van der Waals surface area (Å²) in [5.41, 5.74) is 4.38. The van der Waals surface area contributed by atoms with E-state index in [0.717, 1.165) is 27.5 Å². The van der Waals surface area contributed by atoms with Gasteiger partial charge in [0.1, 0.15) is 6.04 Å². The molecule has 20 heavy (non-hydrogen) atoms. The third-order valence-electron chi connectivity index (χ3n) is 2.90. The molecule has 1 heterocycles. The molecule has 0 saturated heterocycles. The summed E-state index contributed by atoms with van der Waals surface area (Å²) in [4.78, 5) is 16.3. The molecule has 6 heteroatoms. The number of amides is 1. The molecular formula is C14H18N4OS. The van der Waals surface area contributed by atoms with Crippen LogP contribution in [0.5, 0.6) is 0 Å². The number of benzene rings is 1. The highest BCUT2D eigenvalue weighted by Crippen LogP contribution is 2.25. The van der Waals surface area contributed by atoms with Gasteiger partial charge in [0.25, 0.3) is 5.91 Å². The molecule has 2 N–H and O–H groups in total. The molecule has 0 aliphatic heterocycles. The van der Waals surface area contributed by atoms with Crippen LogP contribution in [0.4, 0.5) is 5.13 Å². The van der Waals surface area contributed by atoms with Crippen molar-refractivity contribution in [1.82, 2.24) is 10.4 Å². The van der Waals surface area contributed by atoms with Gasteiger partial charge in [0, 0.05) is 5.71 Å². The third-order valence-corrected chi connectivity index (χ3v) is 3.86. The van der Waals surface area contributed by atoms with E-state index in [0.29, 0.717) is 0 Å². The SMILES string of the molecule is CC/C(C)=N\NC(=O)[C@H](C)Nc1nc2ccccc2s1. The van der Waals surface area contributed by atoms with Gasteiger partial charge >= 0.3 is 0 Å². The van der Waals surface area contributed by atoms with Gasteiger partial charge in [-0.25, -0.2) is 10.4 Å². The smallest absolute Gasteiger partial charge is 0.262 e. The quantitative estimate of drug-likeness (QED) is 0.657. The zero-order valence-electron chi connectivity index (χ0n) is 11.8. The van der Waals surface area contributed by atoms with Crippen LogP contribution in [0.3, 0.4) is 0 Å². The van der Waals surface area contributed by atoms with Crippen molar-refractivity contribution >= 4 is 38.3 Å². The number of para-hydroxylation sites is 1. The molecule has 0 saturated carbocycles. The molecule has 0 unspecified atom stereocenters. The second-order valence-electron chi connectivity index (χ2n) is 4.53. The first kappa shape index (κ1) is 14.5. The van der Waals surface area contributed by atoms with Crippen LogP contribution in [0.2, 0.25) is 0 Å². The number of rotatable bonds is 5. The molecule has 2 aromatic rings. The van der Waals surface area contributed by atoms with Crippen LogP contribution in [0.15, 0.2) is 29.4 Å². The fraction of sp³-hybridized carbons (Fsp3) is 0.357. The molecule has 1 aromatic heterocycles. The molecule has 0 spiro atoms. The number of thiazole rings is 1. The summed E-state index contributed by atoms with van der Waals surface area (Å²) in [5, 5.41) is 7.85. The second kappa shape index (κ2) is 6.47. The maximum atomic E-state index is 11.9. The number of anilines is 1. The number of hydrogen-bond donors (Lipinski definition) is 2. The van der Waals surface area contributed by atoms with Crippen LogP contribution in [-0.4, -0.2) is 22.6 Å². The van der Waals surface area contributed by atoms with Crippen LogP contribution in [0.1, 0.15) is 27.2 Å². The Labute approximate surface area is 122 Å². The lowest BCUT2D eigenvalue weighted by Crippen LogP contribution is -2.35. The topological polar surface area (TPSA) is 66.4 Å². The van der Waals surface area contributed by atoms with Gasteiger partial charge in [-0.15, -0.1) is 0 Å². The van der Waals surface area contributed by atoms with Crippen LogP contribution in [-0.2, 0) is 4.79 Å². The minimum atomic E-state index is -0.385. The van der Waals surface area contributed by atoms with Crippen molar-refractivity contribution in [2.45, 2.75) is 33.2 Å². The molecule has 1 aromatic carbocycles. The predicted molar refractivity (Wildman–Crippen MR) is 84.2 cm³/mol. The maximum absolute atomic E-state index is 11.9. The van der Waals surface area contributed by atoms with E-state index in [2.05, 4.69) is 20.8 Å². The second-order valence-corrected chi connectivity index (χ2v) is 5.56. The Kier molecular flexibility index (Phi) is 4.68. The number of aromatic nitrogens is 1. The molecule has 0 radical (unpaired) electrons. The minimum absolute atomic E-state index is 0.169. The van der Waals surface area contributed by atoms with E-state index in [1.807, 2.05) is 38.1 Å². The lowest BCUT2D eigenvalue weighted by Gasteiger charge is -2.10. The van der Waals surface area contributed by atoms with E-state index in [1.54, 1.807) is 6.92 Å². The average molecular weight is 290 g/mol. The highest BCUT2D eigenvalue weighted by atomic mass is 32.1. The van der Waals surface area contributed by atoms with Crippen LogP contribution < -0.4 is 10.7 Å². The van der Waals surface area contributed by atoms with Crippen molar-refractivity contribution in [2.24, 2.45) is 5.10 Å². The van der Waals surface area contributed by atoms with Crippen molar-refractivity contribution in [3.63, 3.8) is 0 Å². The fourth-order valence-electron chi connectivity index (χ4n) is 1.51. The predicted octanol–water partition coefficient (Wildman–Crippen LogP) is 3.00. The molecule has 0 aliphatic carbocycles. The van der Waals surface area contributed by atoms with E-state index < -0.39 is 0 Å². The lowest BCUT2D eigenvalue weighted by molar-refractivity contribution is -0.121. The molecule has 1 atom stereocenters. The van der Waals surface area contributed by atoms with Crippen molar-refractivity contribution in [3.8, 4) is 0 Å². The lowest BCUT2D eigenvalue weighted by atomic mass is 10.3. The van der Waals surface area contributed by atoms with Crippen molar-refractivity contribution in [1.29, 1.82) is 0 Å². The van der Waals surface area contributed by atoms with E-state index in [4.69, 9.17) is 0 Å². The summed E-state index contributed by atoms with van der Waals surface area (Å²) >= 11 is 1.53. The van der Waals surface area contributed by atoms with Gasteiger partial charge < -0.3 is 5.32 Å². The summed E-state index contributed by atoms with van der Waals surface area (Å²) in [7, 11) is 0. The summed E-state index contributed by atoms with van der Waals surface area (Å²) in [6, 6.07) is 7.51. The molecule has 0 fully saturated rings. The van der Waals surface area contributed by atoms with Gasteiger partial charge in [-0.1, -0.05) is 30.4 Å². The molecule has 2 rings (SSSR count). The Hall–Kier alpha value is -1.95. The third kappa shape index (κ3) is 3.54. The molecular weight excluding hydrogens is 272 g/mol. The average Bonchev–Trinajstić information content (AvgIpc) is 2.86. The Morgan fingerprint density at radius 3 is 2.90 bits per heavy atom. The van der Waals surface area contributed by atoms with Crippen molar-refractivity contribution in [3.05, 3.63) is 24.3 Å². The Morgan fingerprint density at radius 1 is 1.45 bits per heavy atom. The summed E-state index contributed by atoms with van der Waals surface area (Å²) in [6.45, 7) is 5.66. The van der Waals surface area contributed by atoms with Crippen LogP contribution in [0, 0.1) is 0 Å². The fourth-order valence-corrected chi connectivity index (χ4v) is 2.46. The van der Waals surface area contributed by atoms with E-state index in [1.165, 1.54) is 11.3 Å². The zero-order valence-corrected chi connectivity index (χ0v) is 12.6. The number of nitrogens with zero attached hydrogens (tertiary/aromatic N) is 2. The zero-order chi connectivity index (χ0) is 14.5. The van der Waals surface area contributed by atoms with Crippen molar-refractivity contribution < 1.29 is 4.79 Å². The van der Waals surface area contributed by atoms with Gasteiger partial charge in [-0.3, -0.25) is 4.79 Å². The molecule has 106 valence electrons. The van der Waals surface area contributed by atoms with E-state index in [-0.39, 0.29) is 11.9 Å². The first-order valence-corrected chi connectivity index (χ1v) is 7.37. The number of carbonyl (C=O) groups excluding carboxylic acids is 1. The van der Waals surface area contributed by atoms with Gasteiger partial charge in [-0.05, 0) is 32.4 Å². The molecule has 0 aliphatic rings. The first-order chi connectivity index (χ1) is 9.60. The number of carbonyl (C=O) groups is 1. The Balaban J connectivity index is 2.00. The highest BCUT2D eigenvalue weighted by Gasteiger charge is 2.14. The Bertz CT molecular complexity index is 602. The molecule has 5 nitrogen and oxygen atoms in total. The summed E-state index contributed by atoms with van der Waals surface area (Å²) in [5.74, 6) is -0.169. The normalized spacial score (nSPS) is 13.2. The van der Waals surface area contributed by atoms with Crippen molar-refractivity contribution in [2.75, 3.05) is 5.32 Å². The van der Waals surface area contributed by atoms with Gasteiger partial charge in [0.2, 0.25) is 0 Å². The standard InChI is InChI=1S/C14H18N4OS/c1-4-9(2)17-18-13(19)10(3)15-14-16-11-7-5-6-8-12(11)20-14/h5-8,10H,4H2,1-3H3,(H,15,16)(H,18,19)/b17-9-/t10-/m0/s1. The van der Waals surface area contributed by atoms with Gasteiger partial charge in [0.05, 0.1) is 10.2 Å². The molecule has 0 bridgehead atoms. The number of hydrazone groups is 1. The summed E-state index contributed by atoms with van der Waals surface area (Å²) in [6.07, 6.45) is 0.819. The maximum Gasteiger partial charge on any atom is 0.262 e. The minimum Gasteiger partial charge on any atom is -0.350 e. The number of hydrogen-bond acceptors (Lipinski definition) is 5. The Morgan fingerprint density at radius 2 is 2.20 bits per heavy atom. The summed E-state index contributed by atoms with van der Waals surface area (Å²) < 4.78 is 1.10. The number of fused-ring (bicyclic) bond motifs is 1. The molecule has 1 amide bonds. The first-order valence-electron chi connectivity index (χ1n) is 6.55. The van der Waals surface area contributed by atoms with Crippen LogP contribution in [0.25, 0.3) is 10.2 Å².